The fraction of sp³-hybridized carbons (Fsp3) is 0.308. The van der Waals surface area contributed by atoms with Crippen LogP contribution in [0.1, 0.15) is 19.4 Å². The van der Waals surface area contributed by atoms with E-state index in [1.165, 1.54) is 6.08 Å². The second kappa shape index (κ2) is 7.47. The molecule has 0 spiro atoms. The molecule has 1 aromatic carbocycles. The second-order valence-corrected chi connectivity index (χ2v) is 5.96. The molecule has 0 heterocycles. The van der Waals surface area contributed by atoms with Gasteiger partial charge in [-0.2, -0.15) is 5.26 Å². The first-order chi connectivity index (χ1) is 9.05. The number of nitriles is 1. The summed E-state index contributed by atoms with van der Waals surface area (Å²) in [6.07, 6.45) is 1.49. The first-order valence-electron chi connectivity index (χ1n) is 5.82. The van der Waals surface area contributed by atoms with Crippen LogP contribution in [-0.4, -0.2) is 13.2 Å². The molecule has 0 aliphatic rings. The van der Waals surface area contributed by atoms with Crippen molar-refractivity contribution >= 4 is 25.3 Å². The SMILES string of the molecule is CCOP(=O)(OCC)C(C#N)=Cc1ccc(Cl)cc1. The van der Waals surface area contributed by atoms with Gasteiger partial charge >= 0.3 is 7.60 Å². The van der Waals surface area contributed by atoms with E-state index in [1.54, 1.807) is 38.1 Å². The molecule has 102 valence electrons. The van der Waals surface area contributed by atoms with Crippen molar-refractivity contribution in [1.82, 2.24) is 0 Å². The first-order valence-corrected chi connectivity index (χ1v) is 7.74. The van der Waals surface area contributed by atoms with Gasteiger partial charge in [0, 0.05) is 5.02 Å². The van der Waals surface area contributed by atoms with Gasteiger partial charge in [-0.25, -0.2) is 0 Å². The summed E-state index contributed by atoms with van der Waals surface area (Å²) < 4.78 is 22.7. The molecule has 6 heteroatoms. The van der Waals surface area contributed by atoms with Crippen LogP contribution >= 0.6 is 19.2 Å². The van der Waals surface area contributed by atoms with Crippen molar-refractivity contribution in [1.29, 1.82) is 5.26 Å². The lowest BCUT2D eigenvalue weighted by atomic mass is 10.2. The molecule has 0 aromatic heterocycles. The van der Waals surface area contributed by atoms with Crippen LogP contribution < -0.4 is 0 Å². The molecule has 0 atom stereocenters. The summed E-state index contributed by atoms with van der Waals surface area (Å²) in [6.45, 7) is 3.81. The summed E-state index contributed by atoms with van der Waals surface area (Å²) in [6, 6.07) is 8.72. The van der Waals surface area contributed by atoms with Crippen LogP contribution in [0.3, 0.4) is 0 Å². The fourth-order valence-electron chi connectivity index (χ4n) is 1.41. The molecule has 0 saturated heterocycles. The van der Waals surface area contributed by atoms with Crippen molar-refractivity contribution in [3.05, 3.63) is 40.2 Å². The average molecular weight is 300 g/mol. The molecule has 0 radical (unpaired) electrons. The van der Waals surface area contributed by atoms with Crippen LogP contribution in [0.4, 0.5) is 0 Å². The lowest BCUT2D eigenvalue weighted by Gasteiger charge is -2.15. The minimum Gasteiger partial charge on any atom is -0.305 e. The number of allylic oxidation sites excluding steroid dienone is 1. The van der Waals surface area contributed by atoms with Crippen molar-refractivity contribution < 1.29 is 13.6 Å². The number of rotatable bonds is 6. The molecule has 4 nitrogen and oxygen atoms in total. The van der Waals surface area contributed by atoms with Crippen molar-refractivity contribution in [2.24, 2.45) is 0 Å². The van der Waals surface area contributed by atoms with E-state index in [-0.39, 0.29) is 18.5 Å². The molecule has 0 fully saturated rings. The summed E-state index contributed by atoms with van der Waals surface area (Å²) in [7, 11) is -3.54. The van der Waals surface area contributed by atoms with E-state index in [0.29, 0.717) is 10.6 Å². The number of hydrogen-bond donors (Lipinski definition) is 0. The Labute approximate surface area is 118 Å². The Morgan fingerprint density at radius 1 is 1.32 bits per heavy atom. The number of nitrogens with zero attached hydrogens (tertiary/aromatic N) is 1. The molecule has 0 unspecified atom stereocenters. The molecule has 0 N–H and O–H groups in total. The average Bonchev–Trinajstić information content (AvgIpc) is 2.38. The highest BCUT2D eigenvalue weighted by Crippen LogP contribution is 2.56. The molecule has 0 aliphatic carbocycles. The predicted molar refractivity (Wildman–Crippen MR) is 75.9 cm³/mol. The summed E-state index contributed by atoms with van der Waals surface area (Å²) in [5.41, 5.74) is 0.709. The van der Waals surface area contributed by atoms with Crippen molar-refractivity contribution in [2.45, 2.75) is 13.8 Å². The topological polar surface area (TPSA) is 59.3 Å². The molecular weight excluding hydrogens is 285 g/mol. The van der Waals surface area contributed by atoms with Gasteiger partial charge in [0.25, 0.3) is 0 Å². The highest BCUT2D eigenvalue weighted by Gasteiger charge is 2.29. The molecule has 0 saturated carbocycles. The molecule has 1 aromatic rings. The van der Waals surface area contributed by atoms with Crippen molar-refractivity contribution in [2.75, 3.05) is 13.2 Å². The Morgan fingerprint density at radius 2 is 1.84 bits per heavy atom. The third kappa shape index (κ3) is 4.49. The number of halogens is 1. The predicted octanol–water partition coefficient (Wildman–Crippen LogP) is 4.47. The van der Waals surface area contributed by atoms with E-state index in [2.05, 4.69) is 0 Å². The van der Waals surface area contributed by atoms with E-state index in [0.717, 1.165) is 0 Å². The van der Waals surface area contributed by atoms with Gasteiger partial charge in [-0.05, 0) is 37.6 Å². The summed E-state index contributed by atoms with van der Waals surface area (Å²) in [5, 5.41) is 9.73. The summed E-state index contributed by atoms with van der Waals surface area (Å²) >= 11 is 5.78. The molecule has 0 aliphatic heterocycles. The van der Waals surface area contributed by atoms with Gasteiger partial charge in [-0.1, -0.05) is 23.7 Å². The minimum absolute atomic E-state index is 0.0153. The third-order valence-electron chi connectivity index (χ3n) is 2.18. The van der Waals surface area contributed by atoms with Crippen LogP contribution in [0, 0.1) is 11.3 Å². The quantitative estimate of drug-likeness (QED) is 0.574. The van der Waals surface area contributed by atoms with E-state index in [9.17, 15) is 4.57 Å². The van der Waals surface area contributed by atoms with E-state index < -0.39 is 7.60 Å². The maximum atomic E-state index is 12.5. The number of hydrogen-bond acceptors (Lipinski definition) is 4. The maximum Gasteiger partial charge on any atom is 0.371 e. The highest BCUT2D eigenvalue weighted by atomic mass is 35.5. The van der Waals surface area contributed by atoms with E-state index >= 15 is 0 Å². The van der Waals surface area contributed by atoms with Crippen LogP contribution in [0.5, 0.6) is 0 Å². The molecule has 19 heavy (non-hydrogen) atoms. The second-order valence-electron chi connectivity index (χ2n) is 3.53. The monoisotopic (exact) mass is 299 g/mol. The largest absolute Gasteiger partial charge is 0.371 e. The van der Waals surface area contributed by atoms with E-state index in [1.807, 2.05) is 6.07 Å². The van der Waals surface area contributed by atoms with Crippen LogP contribution in [0.25, 0.3) is 6.08 Å². The summed E-state index contributed by atoms with van der Waals surface area (Å²) in [5.74, 6) is 0. The fourth-order valence-corrected chi connectivity index (χ4v) is 2.99. The zero-order valence-corrected chi connectivity index (χ0v) is 12.4. The Hall–Kier alpha value is -1.11. The van der Waals surface area contributed by atoms with Gasteiger partial charge in [0.2, 0.25) is 0 Å². The van der Waals surface area contributed by atoms with Crippen molar-refractivity contribution in [3.63, 3.8) is 0 Å². The number of benzene rings is 1. The van der Waals surface area contributed by atoms with Crippen LogP contribution in [0.2, 0.25) is 5.02 Å². The molecule has 0 bridgehead atoms. The first kappa shape index (κ1) is 15.9. The Balaban J connectivity index is 3.14. The zero-order chi connectivity index (χ0) is 14.3. The maximum absolute atomic E-state index is 12.5. The minimum atomic E-state index is -3.54. The standard InChI is InChI=1S/C13H15ClNO3P/c1-3-17-19(16,18-4-2)13(10-15)9-11-5-7-12(14)8-6-11/h5-9H,3-4H2,1-2H3. The lowest BCUT2D eigenvalue weighted by Crippen LogP contribution is -1.97. The third-order valence-corrected chi connectivity index (χ3v) is 4.45. The lowest BCUT2D eigenvalue weighted by molar-refractivity contribution is 0.227. The normalized spacial score (nSPS) is 12.2. The molecular formula is C13H15ClNO3P. The van der Waals surface area contributed by atoms with E-state index in [4.69, 9.17) is 25.9 Å². The Bertz CT molecular complexity index is 524. The van der Waals surface area contributed by atoms with Crippen molar-refractivity contribution in [3.8, 4) is 6.07 Å². The van der Waals surface area contributed by atoms with Crippen LogP contribution in [0.15, 0.2) is 29.6 Å². The van der Waals surface area contributed by atoms with Gasteiger partial charge in [0.1, 0.15) is 11.4 Å². The summed E-state index contributed by atoms with van der Waals surface area (Å²) in [4.78, 5) is 0. The Morgan fingerprint density at radius 3 is 2.26 bits per heavy atom. The zero-order valence-electron chi connectivity index (χ0n) is 10.8. The smallest absolute Gasteiger partial charge is 0.305 e. The highest BCUT2D eigenvalue weighted by molar-refractivity contribution is 7.59. The molecule has 0 amide bonds. The van der Waals surface area contributed by atoms with Gasteiger partial charge in [-0.3, -0.25) is 4.57 Å². The molecule has 1 rings (SSSR count). The van der Waals surface area contributed by atoms with Gasteiger partial charge in [-0.15, -0.1) is 0 Å². The Kier molecular flexibility index (Phi) is 6.27. The van der Waals surface area contributed by atoms with Gasteiger partial charge in [0.05, 0.1) is 13.2 Å². The van der Waals surface area contributed by atoms with Gasteiger partial charge < -0.3 is 9.05 Å². The van der Waals surface area contributed by atoms with Crippen LogP contribution in [-0.2, 0) is 13.6 Å². The van der Waals surface area contributed by atoms with Gasteiger partial charge in [0.15, 0.2) is 0 Å².